The molecule has 0 N–H and O–H groups in total. The van der Waals surface area contributed by atoms with Gasteiger partial charge in [0.05, 0.1) is 5.69 Å². The van der Waals surface area contributed by atoms with Crippen LogP contribution in [0.3, 0.4) is 0 Å². The highest BCUT2D eigenvalue weighted by Gasteiger charge is 2.13. The molecule has 0 radical (unpaired) electrons. The molecule has 0 spiro atoms. The lowest BCUT2D eigenvalue weighted by Gasteiger charge is -2.25. The molecule has 2 heterocycles. The molecule has 154 valence electrons. The summed E-state index contributed by atoms with van der Waals surface area (Å²) >= 11 is 0. The standard InChI is InChI=1S/C26H34N2O/c1-2-3-4-5-7-10-23-13-17-25(27-21-23)24-15-11-22(12-16-24)14-18-26(29)28-19-8-6-9-20-28/h11-18,21H,2-10,19-20H2,1H3. The second-order valence-electron chi connectivity index (χ2n) is 8.06. The fourth-order valence-corrected chi connectivity index (χ4v) is 3.83. The number of unbranched alkanes of at least 4 members (excludes halogenated alkanes) is 4. The average Bonchev–Trinajstić information content (AvgIpc) is 2.79. The topological polar surface area (TPSA) is 33.2 Å². The van der Waals surface area contributed by atoms with Gasteiger partial charge in [0.25, 0.3) is 0 Å². The Labute approximate surface area is 175 Å². The zero-order valence-corrected chi connectivity index (χ0v) is 17.8. The quantitative estimate of drug-likeness (QED) is 0.372. The number of hydrogen-bond acceptors (Lipinski definition) is 2. The molecule has 1 amide bonds. The molecule has 0 atom stereocenters. The van der Waals surface area contributed by atoms with Gasteiger partial charge in [0.2, 0.25) is 5.91 Å². The Morgan fingerprint density at radius 1 is 0.966 bits per heavy atom. The van der Waals surface area contributed by atoms with Crippen molar-refractivity contribution >= 4 is 12.0 Å². The molecule has 1 aromatic carbocycles. The summed E-state index contributed by atoms with van der Waals surface area (Å²) in [4.78, 5) is 18.8. The lowest BCUT2D eigenvalue weighted by atomic mass is 10.0. The van der Waals surface area contributed by atoms with E-state index in [1.807, 2.05) is 17.2 Å². The smallest absolute Gasteiger partial charge is 0.246 e. The Balaban J connectivity index is 1.51. The minimum Gasteiger partial charge on any atom is -0.339 e. The third-order valence-corrected chi connectivity index (χ3v) is 5.69. The first-order valence-electron chi connectivity index (χ1n) is 11.3. The molecular weight excluding hydrogens is 356 g/mol. The normalized spacial score (nSPS) is 14.4. The Morgan fingerprint density at radius 2 is 1.72 bits per heavy atom. The van der Waals surface area contributed by atoms with Gasteiger partial charge >= 0.3 is 0 Å². The Bertz CT molecular complexity index is 771. The number of amides is 1. The molecule has 3 rings (SSSR count). The SMILES string of the molecule is CCCCCCCc1ccc(-c2ccc(C=CC(=O)N3CCCCC3)cc2)nc1. The summed E-state index contributed by atoms with van der Waals surface area (Å²) in [6.45, 7) is 4.03. The van der Waals surface area contributed by atoms with Gasteiger partial charge in [-0.1, -0.05) is 62.9 Å². The van der Waals surface area contributed by atoms with Gasteiger partial charge in [-0.15, -0.1) is 0 Å². The van der Waals surface area contributed by atoms with E-state index in [0.717, 1.165) is 49.2 Å². The third kappa shape index (κ3) is 6.85. The van der Waals surface area contributed by atoms with Crippen molar-refractivity contribution in [3.63, 3.8) is 0 Å². The molecule has 1 aliphatic heterocycles. The van der Waals surface area contributed by atoms with Gasteiger partial charge in [-0.3, -0.25) is 9.78 Å². The first kappa shape index (κ1) is 21.3. The maximum Gasteiger partial charge on any atom is 0.246 e. The van der Waals surface area contributed by atoms with E-state index in [4.69, 9.17) is 0 Å². The molecule has 1 aliphatic rings. The van der Waals surface area contributed by atoms with Crippen LogP contribution in [0.5, 0.6) is 0 Å². The zero-order chi connectivity index (χ0) is 20.3. The number of carbonyl (C=O) groups is 1. The first-order chi connectivity index (χ1) is 14.3. The summed E-state index contributed by atoms with van der Waals surface area (Å²) in [5.74, 6) is 0.126. The van der Waals surface area contributed by atoms with Gasteiger partial charge in [-0.05, 0) is 55.4 Å². The van der Waals surface area contributed by atoms with Crippen molar-refractivity contribution in [3.05, 3.63) is 59.8 Å². The molecule has 1 saturated heterocycles. The van der Waals surface area contributed by atoms with Crippen molar-refractivity contribution < 1.29 is 4.79 Å². The van der Waals surface area contributed by atoms with E-state index in [1.165, 1.54) is 44.1 Å². The van der Waals surface area contributed by atoms with E-state index in [9.17, 15) is 4.79 Å². The summed E-state index contributed by atoms with van der Waals surface area (Å²) in [5.41, 5.74) is 4.47. The van der Waals surface area contributed by atoms with Crippen LogP contribution in [0.4, 0.5) is 0 Å². The van der Waals surface area contributed by atoms with Gasteiger partial charge in [0.1, 0.15) is 0 Å². The lowest BCUT2D eigenvalue weighted by molar-refractivity contribution is -0.126. The molecule has 1 aromatic heterocycles. The minimum atomic E-state index is 0.126. The lowest BCUT2D eigenvalue weighted by Crippen LogP contribution is -2.34. The van der Waals surface area contributed by atoms with Crippen molar-refractivity contribution in [2.24, 2.45) is 0 Å². The number of aryl methyl sites for hydroxylation is 1. The van der Waals surface area contributed by atoms with Crippen molar-refractivity contribution in [1.82, 2.24) is 9.88 Å². The Morgan fingerprint density at radius 3 is 2.41 bits per heavy atom. The molecule has 2 aromatic rings. The fourth-order valence-electron chi connectivity index (χ4n) is 3.83. The second-order valence-corrected chi connectivity index (χ2v) is 8.06. The molecule has 0 saturated carbocycles. The van der Waals surface area contributed by atoms with Crippen molar-refractivity contribution in [1.29, 1.82) is 0 Å². The molecule has 3 heteroatoms. The summed E-state index contributed by atoms with van der Waals surface area (Å²) in [7, 11) is 0. The number of nitrogens with zero attached hydrogens (tertiary/aromatic N) is 2. The molecule has 29 heavy (non-hydrogen) atoms. The highest BCUT2D eigenvalue weighted by atomic mass is 16.2. The Kier molecular flexibility index (Phi) is 8.48. The van der Waals surface area contributed by atoms with Gasteiger partial charge in [-0.2, -0.15) is 0 Å². The van der Waals surface area contributed by atoms with Crippen molar-refractivity contribution in [2.75, 3.05) is 13.1 Å². The van der Waals surface area contributed by atoms with E-state index < -0.39 is 0 Å². The number of aromatic nitrogens is 1. The molecular formula is C26H34N2O. The van der Waals surface area contributed by atoms with E-state index in [2.05, 4.69) is 48.3 Å². The highest BCUT2D eigenvalue weighted by Crippen LogP contribution is 2.19. The average molecular weight is 391 g/mol. The van der Waals surface area contributed by atoms with E-state index >= 15 is 0 Å². The number of hydrogen-bond donors (Lipinski definition) is 0. The first-order valence-corrected chi connectivity index (χ1v) is 11.3. The van der Waals surface area contributed by atoms with Gasteiger partial charge in [0, 0.05) is 30.9 Å². The van der Waals surface area contributed by atoms with Crippen LogP contribution in [0, 0.1) is 0 Å². The predicted octanol–water partition coefficient (Wildman–Crippen LogP) is 6.29. The van der Waals surface area contributed by atoms with E-state index in [-0.39, 0.29) is 5.91 Å². The van der Waals surface area contributed by atoms with Crippen molar-refractivity contribution in [3.8, 4) is 11.3 Å². The van der Waals surface area contributed by atoms with Gasteiger partial charge in [0.15, 0.2) is 0 Å². The molecule has 0 bridgehead atoms. The molecule has 3 nitrogen and oxygen atoms in total. The number of pyridine rings is 1. The predicted molar refractivity (Wildman–Crippen MR) is 122 cm³/mol. The fraction of sp³-hybridized carbons (Fsp3) is 0.462. The molecule has 1 fully saturated rings. The maximum atomic E-state index is 12.2. The number of benzene rings is 1. The number of rotatable bonds is 9. The Hall–Kier alpha value is -2.42. The van der Waals surface area contributed by atoms with Crippen LogP contribution < -0.4 is 0 Å². The monoisotopic (exact) mass is 390 g/mol. The van der Waals surface area contributed by atoms with Crippen LogP contribution in [0.15, 0.2) is 48.7 Å². The molecule has 0 unspecified atom stereocenters. The number of carbonyl (C=O) groups excluding carboxylic acids is 1. The third-order valence-electron chi connectivity index (χ3n) is 5.69. The molecule has 0 aliphatic carbocycles. The van der Waals surface area contributed by atoms with Crippen molar-refractivity contribution in [2.45, 2.75) is 64.7 Å². The summed E-state index contributed by atoms with van der Waals surface area (Å²) in [6, 6.07) is 12.6. The second kappa shape index (κ2) is 11.5. The van der Waals surface area contributed by atoms with Crippen LogP contribution >= 0.6 is 0 Å². The largest absolute Gasteiger partial charge is 0.339 e. The van der Waals surface area contributed by atoms with Crippen LogP contribution in [0.1, 0.15) is 69.4 Å². The maximum absolute atomic E-state index is 12.2. The summed E-state index contributed by atoms with van der Waals surface area (Å²) in [6.07, 6.45) is 16.8. The van der Waals surface area contributed by atoms with Crippen LogP contribution in [-0.4, -0.2) is 28.9 Å². The van der Waals surface area contributed by atoms with Gasteiger partial charge in [-0.25, -0.2) is 0 Å². The van der Waals surface area contributed by atoms with E-state index in [0.29, 0.717) is 0 Å². The van der Waals surface area contributed by atoms with Gasteiger partial charge < -0.3 is 4.90 Å². The minimum absolute atomic E-state index is 0.126. The number of piperidine rings is 1. The number of likely N-dealkylation sites (tertiary alicyclic amines) is 1. The highest BCUT2D eigenvalue weighted by molar-refractivity contribution is 5.91. The summed E-state index contributed by atoms with van der Waals surface area (Å²) < 4.78 is 0. The zero-order valence-electron chi connectivity index (χ0n) is 17.8. The van der Waals surface area contributed by atoms with E-state index in [1.54, 1.807) is 6.08 Å². The van der Waals surface area contributed by atoms with Crippen LogP contribution in [0.2, 0.25) is 0 Å². The summed E-state index contributed by atoms with van der Waals surface area (Å²) in [5, 5.41) is 0. The van der Waals surface area contributed by atoms with Crippen LogP contribution in [0.25, 0.3) is 17.3 Å². The van der Waals surface area contributed by atoms with Crippen LogP contribution in [-0.2, 0) is 11.2 Å².